The van der Waals surface area contributed by atoms with Crippen molar-refractivity contribution in [1.29, 1.82) is 0 Å². The molecule has 1 aromatic heterocycles. The Morgan fingerprint density at radius 3 is 2.57 bits per heavy atom. The zero-order chi connectivity index (χ0) is 16.0. The van der Waals surface area contributed by atoms with Gasteiger partial charge in [-0.05, 0) is 25.0 Å². The minimum Gasteiger partial charge on any atom is -0.481 e. The number of para-hydroxylation sites is 1. The maximum absolute atomic E-state index is 12.3. The molecule has 4 rings (SSSR count). The second-order valence-electron chi connectivity index (χ2n) is 6.19. The molecule has 118 valence electrons. The lowest BCUT2D eigenvalue weighted by Crippen LogP contribution is -2.28. The van der Waals surface area contributed by atoms with Crippen molar-refractivity contribution in [3.63, 3.8) is 0 Å². The Labute approximate surface area is 133 Å². The summed E-state index contributed by atoms with van der Waals surface area (Å²) in [7, 11) is 0. The minimum atomic E-state index is -0.922. The number of benzene rings is 1. The number of carboxylic acid groups (broad SMARTS) is 1. The van der Waals surface area contributed by atoms with Gasteiger partial charge < -0.3 is 5.11 Å². The highest BCUT2D eigenvalue weighted by atomic mass is 16.4. The lowest BCUT2D eigenvalue weighted by Gasteiger charge is -2.17. The van der Waals surface area contributed by atoms with Gasteiger partial charge in [-0.15, -0.1) is 0 Å². The topological polar surface area (TPSA) is 75.4 Å². The Bertz CT molecular complexity index is 765. The predicted octanol–water partition coefficient (Wildman–Crippen LogP) is 2.19. The lowest BCUT2D eigenvalue weighted by molar-refractivity contribution is -0.141. The van der Waals surface area contributed by atoms with Crippen LogP contribution < -0.4 is 4.90 Å². The number of aromatic nitrogens is 2. The van der Waals surface area contributed by atoms with Gasteiger partial charge in [-0.3, -0.25) is 14.5 Å². The first-order valence-corrected chi connectivity index (χ1v) is 7.82. The largest absolute Gasteiger partial charge is 0.481 e. The first-order chi connectivity index (χ1) is 11.1. The molecule has 1 amide bonds. The van der Waals surface area contributed by atoms with E-state index in [9.17, 15) is 14.7 Å². The van der Waals surface area contributed by atoms with Gasteiger partial charge in [-0.2, -0.15) is 5.10 Å². The number of carbonyl (C=O) groups is 2. The van der Waals surface area contributed by atoms with E-state index in [1.165, 1.54) is 0 Å². The van der Waals surface area contributed by atoms with E-state index in [0.717, 1.165) is 24.2 Å². The smallest absolute Gasteiger partial charge is 0.308 e. The van der Waals surface area contributed by atoms with Crippen molar-refractivity contribution in [3.05, 3.63) is 42.1 Å². The molecule has 2 heterocycles. The third kappa shape index (κ3) is 2.50. The van der Waals surface area contributed by atoms with Crippen LogP contribution in [0.3, 0.4) is 0 Å². The maximum Gasteiger partial charge on any atom is 0.308 e. The molecule has 1 aliphatic carbocycles. The van der Waals surface area contributed by atoms with Gasteiger partial charge >= 0.3 is 5.97 Å². The van der Waals surface area contributed by atoms with Crippen LogP contribution in [0.25, 0.3) is 5.69 Å². The van der Waals surface area contributed by atoms with E-state index in [-0.39, 0.29) is 18.9 Å². The van der Waals surface area contributed by atoms with Gasteiger partial charge in [0.05, 0.1) is 17.3 Å². The van der Waals surface area contributed by atoms with Crippen molar-refractivity contribution in [2.24, 2.45) is 5.92 Å². The Kier molecular flexibility index (Phi) is 3.18. The van der Waals surface area contributed by atoms with Crippen LogP contribution >= 0.6 is 0 Å². The third-order valence-electron chi connectivity index (χ3n) is 4.46. The van der Waals surface area contributed by atoms with Crippen LogP contribution in [0.1, 0.15) is 30.9 Å². The average molecular weight is 311 g/mol. The third-order valence-corrected chi connectivity index (χ3v) is 4.46. The van der Waals surface area contributed by atoms with Crippen LogP contribution in [0.4, 0.5) is 5.82 Å². The average Bonchev–Trinajstić information content (AvgIpc) is 3.19. The first-order valence-electron chi connectivity index (χ1n) is 7.82. The summed E-state index contributed by atoms with van der Waals surface area (Å²) < 4.78 is 1.76. The molecule has 6 nitrogen and oxygen atoms in total. The number of nitrogens with zero attached hydrogens (tertiary/aromatic N) is 3. The van der Waals surface area contributed by atoms with E-state index in [2.05, 4.69) is 5.10 Å². The van der Waals surface area contributed by atoms with Gasteiger partial charge in [0.1, 0.15) is 5.82 Å². The Morgan fingerprint density at radius 2 is 1.96 bits per heavy atom. The number of carboxylic acids is 1. The minimum absolute atomic E-state index is 0.0497. The van der Waals surface area contributed by atoms with E-state index < -0.39 is 11.9 Å². The van der Waals surface area contributed by atoms with Crippen LogP contribution in [-0.2, 0) is 9.59 Å². The van der Waals surface area contributed by atoms with E-state index in [4.69, 9.17) is 0 Å². The maximum atomic E-state index is 12.3. The fraction of sp³-hybridized carbons (Fsp3) is 0.353. The van der Waals surface area contributed by atoms with Crippen LogP contribution in [-0.4, -0.2) is 33.3 Å². The molecule has 2 aliphatic rings. The van der Waals surface area contributed by atoms with Crippen molar-refractivity contribution in [3.8, 4) is 5.69 Å². The van der Waals surface area contributed by atoms with E-state index in [1.54, 1.807) is 9.58 Å². The van der Waals surface area contributed by atoms with Gasteiger partial charge in [0, 0.05) is 24.9 Å². The number of anilines is 1. The molecule has 2 aromatic rings. The highest BCUT2D eigenvalue weighted by Gasteiger charge is 2.38. The summed E-state index contributed by atoms with van der Waals surface area (Å²) in [6, 6.07) is 11.6. The number of rotatable bonds is 4. The van der Waals surface area contributed by atoms with Crippen molar-refractivity contribution in [1.82, 2.24) is 9.78 Å². The number of amides is 1. The Hall–Kier alpha value is -2.63. The fourth-order valence-electron chi connectivity index (χ4n) is 3.01. The summed E-state index contributed by atoms with van der Waals surface area (Å²) >= 11 is 0. The molecule has 0 spiro atoms. The molecule has 1 saturated heterocycles. The fourth-order valence-corrected chi connectivity index (χ4v) is 3.01. The van der Waals surface area contributed by atoms with Gasteiger partial charge in [0.2, 0.25) is 5.91 Å². The molecule has 0 radical (unpaired) electrons. The van der Waals surface area contributed by atoms with Crippen molar-refractivity contribution in [2.45, 2.75) is 25.2 Å². The van der Waals surface area contributed by atoms with Crippen molar-refractivity contribution < 1.29 is 14.7 Å². The molecule has 1 unspecified atom stereocenters. The first kappa shape index (κ1) is 14.0. The predicted molar refractivity (Wildman–Crippen MR) is 83.6 cm³/mol. The van der Waals surface area contributed by atoms with Gasteiger partial charge in [-0.1, -0.05) is 18.2 Å². The normalized spacial score (nSPS) is 21.0. The standard InChI is InChI=1S/C17H17N3O3/c21-16-8-12(17(22)23)10-19(16)15-9-14(11-6-7-11)18-20(15)13-4-2-1-3-5-13/h1-5,9,11-12H,6-8,10H2,(H,22,23). The number of hydrogen-bond donors (Lipinski definition) is 1. The van der Waals surface area contributed by atoms with Crippen LogP contribution in [0.2, 0.25) is 0 Å². The Morgan fingerprint density at radius 1 is 1.22 bits per heavy atom. The van der Waals surface area contributed by atoms with E-state index >= 15 is 0 Å². The highest BCUT2D eigenvalue weighted by Crippen LogP contribution is 2.41. The van der Waals surface area contributed by atoms with E-state index in [0.29, 0.717) is 11.7 Å². The molecule has 1 N–H and O–H groups in total. The summed E-state index contributed by atoms with van der Waals surface area (Å²) in [4.78, 5) is 25.1. The molecule has 0 bridgehead atoms. The SMILES string of the molecule is O=C(O)C1CC(=O)N(c2cc(C3CC3)nn2-c2ccccc2)C1. The second-order valence-corrected chi connectivity index (χ2v) is 6.19. The highest BCUT2D eigenvalue weighted by molar-refractivity contribution is 5.98. The van der Waals surface area contributed by atoms with Crippen LogP contribution in [0.5, 0.6) is 0 Å². The molecular weight excluding hydrogens is 294 g/mol. The molecule has 23 heavy (non-hydrogen) atoms. The molecule has 1 saturated carbocycles. The molecule has 6 heteroatoms. The van der Waals surface area contributed by atoms with Crippen LogP contribution in [0, 0.1) is 5.92 Å². The number of hydrogen-bond acceptors (Lipinski definition) is 3. The van der Waals surface area contributed by atoms with Gasteiger partial charge in [0.15, 0.2) is 0 Å². The number of carbonyl (C=O) groups excluding carboxylic acids is 1. The summed E-state index contributed by atoms with van der Waals surface area (Å²) in [6.45, 7) is 0.205. The number of aliphatic carboxylic acids is 1. The molecule has 1 atom stereocenters. The summed E-state index contributed by atoms with van der Waals surface area (Å²) in [5.41, 5.74) is 1.86. The zero-order valence-corrected chi connectivity index (χ0v) is 12.6. The van der Waals surface area contributed by atoms with Gasteiger partial charge in [-0.25, -0.2) is 4.68 Å². The summed E-state index contributed by atoms with van der Waals surface area (Å²) in [5, 5.41) is 13.9. The summed E-state index contributed by atoms with van der Waals surface area (Å²) in [5.74, 6) is -0.588. The lowest BCUT2D eigenvalue weighted by atomic mass is 10.1. The van der Waals surface area contributed by atoms with Gasteiger partial charge in [0.25, 0.3) is 0 Å². The Balaban J connectivity index is 1.75. The van der Waals surface area contributed by atoms with E-state index in [1.807, 2.05) is 36.4 Å². The van der Waals surface area contributed by atoms with Crippen LogP contribution in [0.15, 0.2) is 36.4 Å². The monoisotopic (exact) mass is 311 g/mol. The zero-order valence-electron chi connectivity index (χ0n) is 12.6. The molecule has 1 aliphatic heterocycles. The van der Waals surface area contributed by atoms with Crippen molar-refractivity contribution >= 4 is 17.7 Å². The molecular formula is C17H17N3O3. The van der Waals surface area contributed by atoms with Crippen molar-refractivity contribution in [2.75, 3.05) is 11.4 Å². The molecule has 1 aromatic carbocycles. The second kappa shape index (κ2) is 5.22. The quantitative estimate of drug-likeness (QED) is 0.939. The summed E-state index contributed by atoms with van der Waals surface area (Å²) in [6.07, 6.45) is 2.29. The molecule has 2 fully saturated rings.